The Balaban J connectivity index is 1.68. The summed E-state index contributed by atoms with van der Waals surface area (Å²) in [6, 6.07) is 14.5. The second kappa shape index (κ2) is 6.78. The highest BCUT2D eigenvalue weighted by molar-refractivity contribution is 7.15. The predicted octanol–water partition coefficient (Wildman–Crippen LogP) is 4.37. The van der Waals surface area contributed by atoms with Crippen molar-refractivity contribution in [3.8, 4) is 17.0 Å². The number of rotatable bonds is 4. The topological polar surface area (TPSA) is 68.5 Å². The van der Waals surface area contributed by atoms with Gasteiger partial charge in [0, 0.05) is 10.9 Å². The van der Waals surface area contributed by atoms with Gasteiger partial charge in [-0.2, -0.15) is 4.98 Å². The molecule has 1 amide bonds. The minimum Gasteiger partial charge on any atom is -0.496 e. The number of halogens is 1. The van der Waals surface area contributed by atoms with E-state index in [1.165, 1.54) is 11.3 Å². The number of nitrogens with one attached hydrogen (secondary N) is 1. The third-order valence-electron chi connectivity index (χ3n) is 3.81. The number of fused-ring (bicyclic) bond motifs is 1. The number of para-hydroxylation sites is 1. The summed E-state index contributed by atoms with van der Waals surface area (Å²) >= 11 is 7.49. The molecule has 26 heavy (non-hydrogen) atoms. The first-order valence-electron chi connectivity index (χ1n) is 7.71. The smallest absolute Gasteiger partial charge is 0.259 e. The van der Waals surface area contributed by atoms with Crippen LogP contribution in [0.5, 0.6) is 5.75 Å². The van der Waals surface area contributed by atoms with Gasteiger partial charge >= 0.3 is 0 Å². The Morgan fingerprint density at radius 1 is 1.19 bits per heavy atom. The van der Waals surface area contributed by atoms with E-state index < -0.39 is 0 Å². The van der Waals surface area contributed by atoms with Crippen LogP contribution in [0.2, 0.25) is 5.02 Å². The molecule has 2 aromatic carbocycles. The molecule has 0 saturated carbocycles. The van der Waals surface area contributed by atoms with Crippen LogP contribution < -0.4 is 10.1 Å². The molecule has 130 valence electrons. The van der Waals surface area contributed by atoms with Gasteiger partial charge in [0.2, 0.25) is 4.96 Å². The van der Waals surface area contributed by atoms with Crippen LogP contribution in [0.25, 0.3) is 16.2 Å². The van der Waals surface area contributed by atoms with Crippen LogP contribution in [0.4, 0.5) is 5.95 Å². The summed E-state index contributed by atoms with van der Waals surface area (Å²) in [5.74, 6) is 0.606. The maximum atomic E-state index is 12.4. The zero-order valence-corrected chi connectivity index (χ0v) is 15.2. The first kappa shape index (κ1) is 16.6. The number of hydrogen-bond acceptors (Lipinski definition) is 5. The lowest BCUT2D eigenvalue weighted by molar-refractivity contribution is 0.102. The molecule has 0 spiro atoms. The number of benzene rings is 2. The highest BCUT2D eigenvalue weighted by atomic mass is 35.5. The standard InChI is InChI=1S/C18H13ClN4O2S/c1-25-15-9-5-3-7-12(15)14-10-26-18-21-17(22-23(14)18)20-16(24)11-6-2-4-8-13(11)19/h2-10H,1H3,(H,20,22,24). The highest BCUT2D eigenvalue weighted by Crippen LogP contribution is 2.32. The van der Waals surface area contributed by atoms with Gasteiger partial charge in [-0.1, -0.05) is 35.9 Å². The molecule has 0 fully saturated rings. The summed E-state index contributed by atoms with van der Waals surface area (Å²) in [5, 5.41) is 9.42. The van der Waals surface area contributed by atoms with Crippen LogP contribution in [0, 0.1) is 0 Å². The monoisotopic (exact) mass is 384 g/mol. The number of methoxy groups -OCH3 is 1. The molecule has 8 heteroatoms. The molecule has 0 aliphatic rings. The van der Waals surface area contributed by atoms with E-state index in [-0.39, 0.29) is 11.9 Å². The van der Waals surface area contributed by atoms with E-state index in [1.54, 1.807) is 35.9 Å². The summed E-state index contributed by atoms with van der Waals surface area (Å²) in [4.78, 5) is 17.4. The zero-order valence-electron chi connectivity index (χ0n) is 13.6. The zero-order chi connectivity index (χ0) is 18.1. The van der Waals surface area contributed by atoms with Crippen LogP contribution in [0.15, 0.2) is 53.9 Å². The van der Waals surface area contributed by atoms with Crippen molar-refractivity contribution in [2.45, 2.75) is 0 Å². The number of thiazole rings is 1. The molecule has 0 atom stereocenters. The average Bonchev–Trinajstić information content (AvgIpc) is 3.22. The number of amides is 1. The van der Waals surface area contributed by atoms with Gasteiger partial charge in [0.05, 0.1) is 23.4 Å². The molecule has 6 nitrogen and oxygen atoms in total. The Hall–Kier alpha value is -2.90. The number of carbonyl (C=O) groups excluding carboxylic acids is 1. The van der Waals surface area contributed by atoms with Crippen molar-refractivity contribution in [2.75, 3.05) is 12.4 Å². The normalized spacial score (nSPS) is 10.8. The minimum atomic E-state index is -0.354. The number of nitrogens with zero attached hydrogens (tertiary/aromatic N) is 3. The molecule has 0 aliphatic carbocycles. The van der Waals surface area contributed by atoms with E-state index in [0.717, 1.165) is 17.0 Å². The summed E-state index contributed by atoms with van der Waals surface area (Å²) < 4.78 is 7.10. The van der Waals surface area contributed by atoms with Gasteiger partial charge < -0.3 is 4.74 Å². The van der Waals surface area contributed by atoms with Crippen LogP contribution in [0.3, 0.4) is 0 Å². The SMILES string of the molecule is COc1ccccc1-c1csc2nc(NC(=O)c3ccccc3Cl)nn12. The highest BCUT2D eigenvalue weighted by Gasteiger charge is 2.17. The molecule has 0 saturated heterocycles. The third kappa shape index (κ3) is 2.91. The summed E-state index contributed by atoms with van der Waals surface area (Å²) in [6.07, 6.45) is 0. The quantitative estimate of drug-likeness (QED) is 0.567. The average molecular weight is 385 g/mol. The van der Waals surface area contributed by atoms with Crippen molar-refractivity contribution in [2.24, 2.45) is 0 Å². The van der Waals surface area contributed by atoms with E-state index >= 15 is 0 Å². The van der Waals surface area contributed by atoms with Crippen molar-refractivity contribution in [3.63, 3.8) is 0 Å². The summed E-state index contributed by atoms with van der Waals surface area (Å²) in [6.45, 7) is 0. The van der Waals surface area contributed by atoms with E-state index in [9.17, 15) is 4.79 Å². The first-order chi connectivity index (χ1) is 12.7. The lowest BCUT2D eigenvalue weighted by Gasteiger charge is -2.06. The third-order valence-corrected chi connectivity index (χ3v) is 4.95. The van der Waals surface area contributed by atoms with Crippen molar-refractivity contribution >= 4 is 39.8 Å². The Labute approximate surface area is 158 Å². The van der Waals surface area contributed by atoms with E-state index in [0.29, 0.717) is 15.5 Å². The van der Waals surface area contributed by atoms with Gasteiger partial charge in [0.25, 0.3) is 11.9 Å². The second-order valence-electron chi connectivity index (χ2n) is 5.38. The summed E-state index contributed by atoms with van der Waals surface area (Å²) in [7, 11) is 1.62. The van der Waals surface area contributed by atoms with E-state index in [2.05, 4.69) is 15.4 Å². The van der Waals surface area contributed by atoms with Crippen LogP contribution in [-0.4, -0.2) is 27.6 Å². The fourth-order valence-corrected chi connectivity index (χ4v) is 3.63. The van der Waals surface area contributed by atoms with Gasteiger partial charge in [-0.05, 0) is 24.3 Å². The lowest BCUT2D eigenvalue weighted by Crippen LogP contribution is -2.13. The number of hydrogen-bond donors (Lipinski definition) is 1. The van der Waals surface area contributed by atoms with Crippen molar-refractivity contribution in [3.05, 3.63) is 64.5 Å². The van der Waals surface area contributed by atoms with Crippen LogP contribution >= 0.6 is 22.9 Å². The molecular weight excluding hydrogens is 372 g/mol. The van der Waals surface area contributed by atoms with E-state index in [1.807, 2.05) is 29.6 Å². The first-order valence-corrected chi connectivity index (χ1v) is 8.96. The summed E-state index contributed by atoms with van der Waals surface area (Å²) in [5.41, 5.74) is 2.11. The molecule has 0 unspecified atom stereocenters. The Kier molecular flexibility index (Phi) is 4.32. The van der Waals surface area contributed by atoms with E-state index in [4.69, 9.17) is 16.3 Å². The van der Waals surface area contributed by atoms with Crippen LogP contribution in [0.1, 0.15) is 10.4 Å². The molecule has 2 aromatic heterocycles. The predicted molar refractivity (Wildman–Crippen MR) is 102 cm³/mol. The Morgan fingerprint density at radius 3 is 2.77 bits per heavy atom. The van der Waals surface area contributed by atoms with Crippen molar-refractivity contribution < 1.29 is 9.53 Å². The van der Waals surface area contributed by atoms with Crippen LogP contribution in [-0.2, 0) is 0 Å². The fourth-order valence-electron chi connectivity index (χ4n) is 2.59. The molecule has 4 rings (SSSR count). The number of aromatic nitrogens is 3. The lowest BCUT2D eigenvalue weighted by atomic mass is 10.1. The number of anilines is 1. The van der Waals surface area contributed by atoms with Gasteiger partial charge in [-0.15, -0.1) is 16.4 Å². The second-order valence-corrected chi connectivity index (χ2v) is 6.63. The Morgan fingerprint density at radius 2 is 1.96 bits per heavy atom. The molecule has 4 aromatic rings. The minimum absolute atomic E-state index is 0.220. The molecule has 0 aliphatic heterocycles. The van der Waals surface area contributed by atoms with Crippen molar-refractivity contribution in [1.82, 2.24) is 14.6 Å². The largest absolute Gasteiger partial charge is 0.496 e. The fraction of sp³-hybridized carbons (Fsp3) is 0.0556. The molecule has 0 bridgehead atoms. The van der Waals surface area contributed by atoms with Crippen molar-refractivity contribution in [1.29, 1.82) is 0 Å². The molecule has 2 heterocycles. The number of ether oxygens (including phenoxy) is 1. The van der Waals surface area contributed by atoms with Gasteiger partial charge in [-0.3, -0.25) is 10.1 Å². The molecule has 0 radical (unpaired) electrons. The molecule has 1 N–H and O–H groups in total. The van der Waals surface area contributed by atoms with Gasteiger partial charge in [0.15, 0.2) is 0 Å². The maximum Gasteiger partial charge on any atom is 0.259 e. The van der Waals surface area contributed by atoms with Gasteiger partial charge in [-0.25, -0.2) is 4.52 Å². The maximum absolute atomic E-state index is 12.4. The van der Waals surface area contributed by atoms with Gasteiger partial charge in [0.1, 0.15) is 5.75 Å². The number of carbonyl (C=O) groups is 1. The Bertz CT molecular complexity index is 1110. The molecular formula is C18H13ClN4O2S.